The molecule has 7 atom stereocenters. The zero-order valence-corrected chi connectivity index (χ0v) is 23.1. The van der Waals surface area contributed by atoms with E-state index in [0.717, 1.165) is 17.6 Å². The van der Waals surface area contributed by atoms with Crippen LogP contribution in [0.4, 0.5) is 0 Å². The lowest BCUT2D eigenvalue weighted by atomic mass is 9.48. The van der Waals surface area contributed by atoms with Crippen molar-refractivity contribution in [2.75, 3.05) is 0 Å². The predicted molar refractivity (Wildman–Crippen MR) is 143 cm³/mol. The molecule has 0 spiro atoms. The van der Waals surface area contributed by atoms with Crippen molar-refractivity contribution in [1.82, 2.24) is 0 Å². The van der Waals surface area contributed by atoms with Crippen molar-refractivity contribution in [3.8, 4) is 0 Å². The Morgan fingerprint density at radius 3 is 2.25 bits per heavy atom. The van der Waals surface area contributed by atoms with Crippen molar-refractivity contribution < 1.29 is 24.9 Å². The van der Waals surface area contributed by atoms with Crippen molar-refractivity contribution in [3.05, 3.63) is 47.6 Å². The average molecular weight is 499 g/mol. The molecule has 200 valence electrons. The molecule has 1 saturated carbocycles. The standard InChI is InChI=1S/C31H46O5/c1-18(2)20(5)9-10-21(28(35)36)27-25(32)17-31(8)24-12-11-22(19(3)4)29(6,15-14-26(33)34)23(24)13-16-30(27,31)7/h12-13,18,21-22,25,27,32H,3,5,9-11,14-17H2,1-2,4,6-8H3,(H,33,34)(H,35,36)/t21-,22+,25-,27+,29+,30-,31+/m1/s1. The second-order valence-electron chi connectivity index (χ2n) is 12.7. The van der Waals surface area contributed by atoms with Crippen molar-refractivity contribution in [2.45, 2.75) is 92.6 Å². The second-order valence-corrected chi connectivity index (χ2v) is 12.7. The number of carboxylic acid groups (broad SMARTS) is 2. The molecule has 1 fully saturated rings. The van der Waals surface area contributed by atoms with Crippen LogP contribution in [0.3, 0.4) is 0 Å². The lowest BCUT2D eigenvalue weighted by molar-refractivity contribution is -0.148. The smallest absolute Gasteiger partial charge is 0.306 e. The Bertz CT molecular complexity index is 1000. The second kappa shape index (κ2) is 9.96. The van der Waals surface area contributed by atoms with Crippen LogP contribution in [0.15, 0.2) is 47.6 Å². The molecule has 0 aliphatic heterocycles. The summed E-state index contributed by atoms with van der Waals surface area (Å²) in [6.07, 6.45) is 7.48. The van der Waals surface area contributed by atoms with Crippen LogP contribution in [-0.2, 0) is 9.59 Å². The number of rotatable bonds is 10. The number of aliphatic carboxylic acids is 2. The van der Waals surface area contributed by atoms with E-state index in [1.54, 1.807) is 0 Å². The van der Waals surface area contributed by atoms with E-state index in [-0.39, 0.29) is 23.7 Å². The summed E-state index contributed by atoms with van der Waals surface area (Å²) in [5.74, 6) is -2.22. The monoisotopic (exact) mass is 498 g/mol. The van der Waals surface area contributed by atoms with E-state index in [9.17, 15) is 24.9 Å². The predicted octanol–water partition coefficient (Wildman–Crippen LogP) is 6.80. The van der Waals surface area contributed by atoms with E-state index < -0.39 is 34.8 Å². The van der Waals surface area contributed by atoms with Gasteiger partial charge in [0.2, 0.25) is 0 Å². The van der Waals surface area contributed by atoms with E-state index in [4.69, 9.17) is 0 Å². The Kier molecular flexibility index (Phi) is 7.87. The van der Waals surface area contributed by atoms with Gasteiger partial charge in [0, 0.05) is 17.8 Å². The summed E-state index contributed by atoms with van der Waals surface area (Å²) in [5.41, 5.74) is 3.28. The van der Waals surface area contributed by atoms with Crippen LogP contribution in [-0.4, -0.2) is 33.4 Å². The molecule has 3 rings (SSSR count). The van der Waals surface area contributed by atoms with Gasteiger partial charge in [0.1, 0.15) is 0 Å². The number of fused-ring (bicyclic) bond motifs is 3. The van der Waals surface area contributed by atoms with E-state index in [1.807, 2.05) is 6.92 Å². The number of hydrogen-bond donors (Lipinski definition) is 3. The fourth-order valence-corrected chi connectivity index (χ4v) is 7.85. The molecule has 0 aromatic heterocycles. The van der Waals surface area contributed by atoms with Crippen molar-refractivity contribution in [1.29, 1.82) is 0 Å². The Morgan fingerprint density at radius 1 is 1.08 bits per heavy atom. The maximum atomic E-state index is 12.6. The minimum absolute atomic E-state index is 0.0883. The van der Waals surface area contributed by atoms with Gasteiger partial charge in [0.25, 0.3) is 0 Å². The third-order valence-corrected chi connectivity index (χ3v) is 10.4. The first kappa shape index (κ1) is 28.4. The zero-order chi connectivity index (χ0) is 27.2. The van der Waals surface area contributed by atoms with Crippen LogP contribution in [0.1, 0.15) is 86.5 Å². The van der Waals surface area contributed by atoms with Crippen molar-refractivity contribution in [3.63, 3.8) is 0 Å². The molecule has 3 aliphatic carbocycles. The van der Waals surface area contributed by atoms with Gasteiger partial charge < -0.3 is 15.3 Å². The van der Waals surface area contributed by atoms with Gasteiger partial charge >= 0.3 is 11.9 Å². The molecule has 0 amide bonds. The van der Waals surface area contributed by atoms with Gasteiger partial charge in [-0.2, -0.15) is 0 Å². The maximum Gasteiger partial charge on any atom is 0.306 e. The minimum atomic E-state index is -0.845. The minimum Gasteiger partial charge on any atom is -0.481 e. The summed E-state index contributed by atoms with van der Waals surface area (Å²) in [4.78, 5) is 24.1. The highest BCUT2D eigenvalue weighted by molar-refractivity contribution is 5.71. The number of hydrogen-bond acceptors (Lipinski definition) is 3. The van der Waals surface area contributed by atoms with Gasteiger partial charge in [-0.1, -0.05) is 71.1 Å². The summed E-state index contributed by atoms with van der Waals surface area (Å²) < 4.78 is 0. The van der Waals surface area contributed by atoms with Gasteiger partial charge in [-0.05, 0) is 79.3 Å². The Labute approximate surface area is 217 Å². The molecule has 0 unspecified atom stereocenters. The molecule has 0 radical (unpaired) electrons. The summed E-state index contributed by atoms with van der Waals surface area (Å²) >= 11 is 0. The Balaban J connectivity index is 2.05. The van der Waals surface area contributed by atoms with Crippen LogP contribution in [0, 0.1) is 39.9 Å². The highest BCUT2D eigenvalue weighted by Crippen LogP contribution is 2.70. The average Bonchev–Trinajstić information content (AvgIpc) is 2.98. The molecule has 5 heteroatoms. The number of carboxylic acids is 2. The molecular formula is C31H46O5. The van der Waals surface area contributed by atoms with E-state index >= 15 is 0 Å². The number of carbonyl (C=O) groups is 2. The molecule has 3 N–H and O–H groups in total. The lowest BCUT2D eigenvalue weighted by Crippen LogP contribution is -2.48. The van der Waals surface area contributed by atoms with Crippen LogP contribution in [0.25, 0.3) is 0 Å². The molecule has 36 heavy (non-hydrogen) atoms. The Morgan fingerprint density at radius 2 is 1.72 bits per heavy atom. The fourth-order valence-electron chi connectivity index (χ4n) is 7.85. The quantitative estimate of drug-likeness (QED) is 0.288. The molecular weight excluding hydrogens is 452 g/mol. The van der Waals surface area contributed by atoms with Crippen LogP contribution in [0.2, 0.25) is 0 Å². The molecule has 0 bridgehead atoms. The van der Waals surface area contributed by atoms with Crippen LogP contribution >= 0.6 is 0 Å². The topological polar surface area (TPSA) is 94.8 Å². The van der Waals surface area contributed by atoms with Crippen molar-refractivity contribution in [2.24, 2.45) is 39.9 Å². The van der Waals surface area contributed by atoms with E-state index in [2.05, 4.69) is 59.9 Å². The number of aliphatic hydroxyl groups is 1. The summed E-state index contributed by atoms with van der Waals surface area (Å²) in [7, 11) is 0. The third kappa shape index (κ3) is 4.53. The highest BCUT2D eigenvalue weighted by Gasteiger charge is 2.65. The van der Waals surface area contributed by atoms with Gasteiger partial charge in [0.05, 0.1) is 12.0 Å². The molecule has 0 saturated heterocycles. The summed E-state index contributed by atoms with van der Waals surface area (Å²) in [6, 6.07) is 0. The van der Waals surface area contributed by atoms with Crippen molar-refractivity contribution >= 4 is 11.9 Å². The molecule has 5 nitrogen and oxygen atoms in total. The van der Waals surface area contributed by atoms with Gasteiger partial charge in [0.15, 0.2) is 0 Å². The normalized spacial score (nSPS) is 36.4. The summed E-state index contributed by atoms with van der Waals surface area (Å²) in [6.45, 7) is 21.1. The third-order valence-electron chi connectivity index (χ3n) is 10.4. The number of aliphatic hydroxyl groups excluding tert-OH is 1. The van der Waals surface area contributed by atoms with E-state index in [0.29, 0.717) is 38.0 Å². The van der Waals surface area contributed by atoms with Gasteiger partial charge in [-0.25, -0.2) is 0 Å². The molecule has 3 aliphatic rings. The zero-order valence-electron chi connectivity index (χ0n) is 23.1. The first-order valence-corrected chi connectivity index (χ1v) is 13.5. The van der Waals surface area contributed by atoms with Gasteiger partial charge in [-0.3, -0.25) is 9.59 Å². The lowest BCUT2D eigenvalue weighted by Gasteiger charge is -2.56. The Hall–Kier alpha value is -2.14. The van der Waals surface area contributed by atoms with Crippen LogP contribution < -0.4 is 0 Å². The SMILES string of the molecule is C=C(CC[C@@H](C(=O)O)[C@H]1[C@H](O)C[C@@]2(C)C3=CC[C@@H](C(=C)C)[C@](C)(CCC(=O)O)C3=CC[C@]12C)C(C)C. The molecule has 0 aromatic rings. The summed E-state index contributed by atoms with van der Waals surface area (Å²) in [5, 5.41) is 31.2. The number of allylic oxidation sites excluding steroid dienone is 6. The molecule has 0 aromatic carbocycles. The molecule has 0 heterocycles. The first-order valence-electron chi connectivity index (χ1n) is 13.5. The fraction of sp³-hybridized carbons (Fsp3) is 0.677. The van der Waals surface area contributed by atoms with Gasteiger partial charge in [-0.15, -0.1) is 0 Å². The largest absolute Gasteiger partial charge is 0.481 e. The van der Waals surface area contributed by atoms with E-state index in [1.165, 1.54) is 11.1 Å². The maximum absolute atomic E-state index is 12.6. The highest BCUT2D eigenvalue weighted by atomic mass is 16.4. The first-order chi connectivity index (χ1) is 16.6. The van der Waals surface area contributed by atoms with Crippen LogP contribution in [0.5, 0.6) is 0 Å².